The number of amides is 1. The summed E-state index contributed by atoms with van der Waals surface area (Å²) < 4.78 is 12.8. The van der Waals surface area contributed by atoms with Gasteiger partial charge in [-0.15, -0.1) is 11.8 Å². The zero-order valence-electron chi connectivity index (χ0n) is 10.5. The maximum Gasteiger partial charge on any atom is 0.256 e. The molecule has 2 aromatic carbocycles. The second-order valence-electron chi connectivity index (χ2n) is 3.89. The van der Waals surface area contributed by atoms with Gasteiger partial charge in [-0.05, 0) is 42.2 Å². The maximum atomic E-state index is 12.8. The molecular formula is C15H14FNOS. The van der Waals surface area contributed by atoms with Crippen LogP contribution in [-0.4, -0.2) is 11.7 Å². The molecule has 19 heavy (non-hydrogen) atoms. The van der Waals surface area contributed by atoms with Crippen molar-refractivity contribution >= 4 is 23.4 Å². The molecule has 0 saturated carbocycles. The van der Waals surface area contributed by atoms with Crippen LogP contribution >= 0.6 is 11.8 Å². The summed E-state index contributed by atoms with van der Waals surface area (Å²) in [6, 6.07) is 13.2. The minimum atomic E-state index is -0.320. The lowest BCUT2D eigenvalue weighted by molar-refractivity contribution is 0.102. The van der Waals surface area contributed by atoms with Crippen LogP contribution in [0.5, 0.6) is 0 Å². The van der Waals surface area contributed by atoms with Gasteiger partial charge in [-0.3, -0.25) is 4.79 Å². The zero-order valence-corrected chi connectivity index (χ0v) is 11.3. The lowest BCUT2D eigenvalue weighted by Crippen LogP contribution is -2.12. The first-order chi connectivity index (χ1) is 9.20. The van der Waals surface area contributed by atoms with E-state index in [9.17, 15) is 9.18 Å². The smallest absolute Gasteiger partial charge is 0.256 e. The van der Waals surface area contributed by atoms with Gasteiger partial charge in [-0.25, -0.2) is 4.39 Å². The summed E-state index contributed by atoms with van der Waals surface area (Å²) in [4.78, 5) is 13.1. The summed E-state index contributed by atoms with van der Waals surface area (Å²) in [6.07, 6.45) is 0. The van der Waals surface area contributed by atoms with Gasteiger partial charge >= 0.3 is 0 Å². The molecule has 0 fully saturated rings. The van der Waals surface area contributed by atoms with Crippen LogP contribution in [-0.2, 0) is 0 Å². The molecule has 98 valence electrons. The van der Waals surface area contributed by atoms with Crippen LogP contribution in [0.25, 0.3) is 0 Å². The molecule has 2 nitrogen and oxygen atoms in total. The number of hydrogen-bond acceptors (Lipinski definition) is 2. The van der Waals surface area contributed by atoms with Crippen molar-refractivity contribution in [1.29, 1.82) is 0 Å². The number of carbonyl (C=O) groups is 1. The van der Waals surface area contributed by atoms with Crippen molar-refractivity contribution in [3.8, 4) is 0 Å². The van der Waals surface area contributed by atoms with Crippen molar-refractivity contribution in [2.45, 2.75) is 11.8 Å². The summed E-state index contributed by atoms with van der Waals surface area (Å²) in [5.74, 6) is 0.406. The van der Waals surface area contributed by atoms with E-state index in [1.165, 1.54) is 12.1 Å². The van der Waals surface area contributed by atoms with Crippen LogP contribution in [0.15, 0.2) is 53.4 Å². The fourth-order valence-electron chi connectivity index (χ4n) is 1.67. The third kappa shape index (κ3) is 3.58. The highest BCUT2D eigenvalue weighted by Gasteiger charge is 2.10. The van der Waals surface area contributed by atoms with Gasteiger partial charge in [0.25, 0.3) is 5.91 Å². The van der Waals surface area contributed by atoms with Crippen LogP contribution in [0, 0.1) is 5.82 Å². The van der Waals surface area contributed by atoms with Gasteiger partial charge in [0.15, 0.2) is 0 Å². The summed E-state index contributed by atoms with van der Waals surface area (Å²) in [6.45, 7) is 2.04. The predicted molar refractivity (Wildman–Crippen MR) is 77.2 cm³/mol. The molecule has 0 saturated heterocycles. The molecule has 0 aromatic heterocycles. The van der Waals surface area contributed by atoms with E-state index in [1.807, 2.05) is 25.1 Å². The molecule has 0 aliphatic carbocycles. The summed E-state index contributed by atoms with van der Waals surface area (Å²) >= 11 is 1.62. The van der Waals surface area contributed by atoms with Crippen LogP contribution < -0.4 is 5.32 Å². The molecule has 0 aliphatic heterocycles. The Kier molecular flexibility index (Phi) is 4.58. The van der Waals surface area contributed by atoms with Gasteiger partial charge in [-0.2, -0.15) is 0 Å². The lowest BCUT2D eigenvalue weighted by atomic mass is 10.2. The van der Waals surface area contributed by atoms with E-state index in [0.29, 0.717) is 11.3 Å². The fraction of sp³-hybridized carbons (Fsp3) is 0.133. The quantitative estimate of drug-likeness (QED) is 0.848. The van der Waals surface area contributed by atoms with Crippen LogP contribution in [0.1, 0.15) is 17.3 Å². The molecule has 0 heterocycles. The number of nitrogens with one attached hydrogen (secondary N) is 1. The SMILES string of the molecule is CCSc1ccccc1C(=O)Nc1ccc(F)cc1. The van der Waals surface area contributed by atoms with Gasteiger partial charge in [0.05, 0.1) is 5.56 Å². The number of benzene rings is 2. The Balaban J connectivity index is 2.18. The molecule has 1 amide bonds. The van der Waals surface area contributed by atoms with E-state index in [4.69, 9.17) is 0 Å². The third-order valence-electron chi connectivity index (χ3n) is 2.53. The second-order valence-corrected chi connectivity index (χ2v) is 5.20. The molecule has 0 radical (unpaired) electrons. The maximum absolute atomic E-state index is 12.8. The number of rotatable bonds is 4. The summed E-state index contributed by atoms with van der Waals surface area (Å²) in [5, 5.41) is 2.77. The summed E-state index contributed by atoms with van der Waals surface area (Å²) in [7, 11) is 0. The van der Waals surface area contributed by atoms with E-state index in [2.05, 4.69) is 5.32 Å². The molecule has 0 atom stereocenters. The first-order valence-corrected chi connectivity index (χ1v) is 6.98. The van der Waals surface area contributed by atoms with Crippen molar-refractivity contribution in [3.05, 3.63) is 59.9 Å². The molecule has 0 aliphatic rings. The minimum Gasteiger partial charge on any atom is -0.322 e. The van der Waals surface area contributed by atoms with E-state index in [1.54, 1.807) is 30.0 Å². The Hall–Kier alpha value is -1.81. The Labute approximate surface area is 116 Å². The van der Waals surface area contributed by atoms with E-state index >= 15 is 0 Å². The van der Waals surface area contributed by atoms with Crippen LogP contribution in [0.2, 0.25) is 0 Å². The second kappa shape index (κ2) is 6.38. The molecule has 2 aromatic rings. The number of halogens is 1. The topological polar surface area (TPSA) is 29.1 Å². The Morgan fingerprint density at radius 1 is 1.16 bits per heavy atom. The van der Waals surface area contributed by atoms with Crippen molar-refractivity contribution in [3.63, 3.8) is 0 Å². The Bertz CT molecular complexity index is 569. The van der Waals surface area contributed by atoms with Crippen molar-refractivity contribution in [2.75, 3.05) is 11.1 Å². The van der Waals surface area contributed by atoms with Crippen molar-refractivity contribution < 1.29 is 9.18 Å². The molecule has 4 heteroatoms. The number of hydrogen-bond donors (Lipinski definition) is 1. The number of anilines is 1. The third-order valence-corrected chi connectivity index (χ3v) is 3.49. The largest absolute Gasteiger partial charge is 0.322 e. The van der Waals surface area contributed by atoms with Gasteiger partial charge in [0.1, 0.15) is 5.82 Å². The van der Waals surface area contributed by atoms with Crippen molar-refractivity contribution in [2.24, 2.45) is 0 Å². The Morgan fingerprint density at radius 3 is 2.53 bits per heavy atom. The lowest BCUT2D eigenvalue weighted by Gasteiger charge is -2.09. The predicted octanol–water partition coefficient (Wildman–Crippen LogP) is 4.19. The van der Waals surface area contributed by atoms with Gasteiger partial charge in [-0.1, -0.05) is 19.1 Å². The standard InChI is InChI=1S/C15H14FNOS/c1-2-19-14-6-4-3-5-13(14)15(18)17-12-9-7-11(16)8-10-12/h3-10H,2H2,1H3,(H,17,18). The van der Waals surface area contributed by atoms with E-state index < -0.39 is 0 Å². The van der Waals surface area contributed by atoms with Crippen molar-refractivity contribution in [1.82, 2.24) is 0 Å². The average molecular weight is 275 g/mol. The zero-order chi connectivity index (χ0) is 13.7. The molecule has 0 unspecified atom stereocenters. The van der Waals surface area contributed by atoms with E-state index in [-0.39, 0.29) is 11.7 Å². The highest BCUT2D eigenvalue weighted by molar-refractivity contribution is 7.99. The normalized spacial score (nSPS) is 10.2. The van der Waals surface area contributed by atoms with Gasteiger partial charge in [0.2, 0.25) is 0 Å². The Morgan fingerprint density at radius 2 is 1.84 bits per heavy atom. The first kappa shape index (κ1) is 13.6. The highest BCUT2D eigenvalue weighted by atomic mass is 32.2. The molecule has 1 N–H and O–H groups in total. The number of thioether (sulfide) groups is 1. The molecule has 0 bridgehead atoms. The molecule has 2 rings (SSSR count). The average Bonchev–Trinajstić information content (AvgIpc) is 2.42. The number of carbonyl (C=O) groups excluding carboxylic acids is 1. The minimum absolute atomic E-state index is 0.178. The van der Waals surface area contributed by atoms with Crippen LogP contribution in [0.4, 0.5) is 10.1 Å². The van der Waals surface area contributed by atoms with Crippen LogP contribution in [0.3, 0.4) is 0 Å². The van der Waals surface area contributed by atoms with E-state index in [0.717, 1.165) is 10.6 Å². The summed E-state index contributed by atoms with van der Waals surface area (Å²) in [5.41, 5.74) is 1.22. The van der Waals surface area contributed by atoms with Gasteiger partial charge in [0, 0.05) is 10.6 Å². The highest BCUT2D eigenvalue weighted by Crippen LogP contribution is 2.23. The fourth-order valence-corrected chi connectivity index (χ4v) is 2.47. The first-order valence-electron chi connectivity index (χ1n) is 5.99. The monoisotopic (exact) mass is 275 g/mol. The molecule has 0 spiro atoms. The van der Waals surface area contributed by atoms with Gasteiger partial charge < -0.3 is 5.32 Å². The molecular weight excluding hydrogens is 261 g/mol.